The van der Waals surface area contributed by atoms with Gasteiger partial charge in [-0.25, -0.2) is 9.59 Å². The van der Waals surface area contributed by atoms with Crippen molar-refractivity contribution in [1.29, 1.82) is 0 Å². The molecule has 1 aliphatic rings. The maximum absolute atomic E-state index is 11.8. The van der Waals surface area contributed by atoms with Crippen molar-refractivity contribution >= 4 is 18.0 Å². The van der Waals surface area contributed by atoms with Gasteiger partial charge in [0.2, 0.25) is 6.29 Å². The zero-order chi connectivity index (χ0) is 18.2. The summed E-state index contributed by atoms with van der Waals surface area (Å²) in [6.07, 6.45) is 0.885. The van der Waals surface area contributed by atoms with Gasteiger partial charge in [-0.3, -0.25) is 0 Å². The van der Waals surface area contributed by atoms with Gasteiger partial charge in [0, 0.05) is 19.4 Å². The first-order valence-electron chi connectivity index (χ1n) is 8.37. The number of aliphatic carboxylic acids is 1. The molecule has 2 rings (SSSR count). The molecule has 0 spiro atoms. The van der Waals surface area contributed by atoms with Crippen LogP contribution in [0.3, 0.4) is 0 Å². The maximum Gasteiger partial charge on any atom is 1.00 e. The minimum atomic E-state index is -1.01. The van der Waals surface area contributed by atoms with E-state index in [4.69, 9.17) is 9.47 Å². The number of nitrogens with one attached hydrogen (secondary N) is 1. The third-order valence-corrected chi connectivity index (χ3v) is 4.27. The number of amides is 1. The number of alkyl carbamates (subject to hydrolysis) is 1. The van der Waals surface area contributed by atoms with Crippen LogP contribution in [0.2, 0.25) is 0 Å². The molecule has 7 nitrogen and oxygen atoms in total. The number of hydrogen-bond acceptors (Lipinski definition) is 6. The van der Waals surface area contributed by atoms with Crippen molar-refractivity contribution in [3.63, 3.8) is 0 Å². The molecule has 0 aromatic heterocycles. The van der Waals surface area contributed by atoms with Gasteiger partial charge in [-0.2, -0.15) is 0 Å². The average molecular weight is 371 g/mol. The Bertz CT molecular complexity index is 601. The van der Waals surface area contributed by atoms with Gasteiger partial charge in [0.05, 0.1) is 5.56 Å². The topological polar surface area (TPSA) is 105 Å². The Balaban J connectivity index is 0.00000338. The Hall–Kier alpha value is -1.57. The van der Waals surface area contributed by atoms with Crippen LogP contribution < -0.4 is 40.0 Å². The van der Waals surface area contributed by atoms with Crippen LogP contribution in [0.4, 0.5) is 4.79 Å². The molecule has 1 atom stereocenters. The number of carbonyl (C=O) groups excluding carboxylic acids is 3. The van der Waals surface area contributed by atoms with E-state index in [0.717, 1.165) is 12.8 Å². The van der Waals surface area contributed by atoms with Crippen LogP contribution in [0.15, 0.2) is 30.3 Å². The van der Waals surface area contributed by atoms with E-state index < -0.39 is 24.3 Å². The van der Waals surface area contributed by atoms with Gasteiger partial charge in [-0.1, -0.05) is 18.2 Å². The molecule has 1 aliphatic carbocycles. The van der Waals surface area contributed by atoms with Gasteiger partial charge in [-0.05, 0) is 49.7 Å². The number of rotatable bonds is 6. The molecule has 136 valence electrons. The summed E-state index contributed by atoms with van der Waals surface area (Å²) in [5.41, 5.74) is 0.378. The molecule has 0 aliphatic heterocycles. The van der Waals surface area contributed by atoms with Crippen molar-refractivity contribution in [2.45, 2.75) is 38.9 Å². The molecule has 26 heavy (non-hydrogen) atoms. The average Bonchev–Trinajstić information content (AvgIpc) is 2.61. The number of hydrogen-bond donors (Lipinski definition) is 1. The van der Waals surface area contributed by atoms with E-state index in [0.29, 0.717) is 24.9 Å². The zero-order valence-electron chi connectivity index (χ0n) is 15.1. The van der Waals surface area contributed by atoms with Crippen LogP contribution in [0.1, 0.15) is 43.0 Å². The van der Waals surface area contributed by atoms with E-state index in [9.17, 15) is 19.5 Å². The molecule has 1 unspecified atom stereocenters. The Morgan fingerprint density at radius 2 is 1.73 bits per heavy atom. The predicted molar refractivity (Wildman–Crippen MR) is 86.3 cm³/mol. The molecule has 1 N–H and O–H groups in total. The van der Waals surface area contributed by atoms with Gasteiger partial charge in [0.1, 0.15) is 0 Å². The van der Waals surface area contributed by atoms with E-state index in [-0.39, 0.29) is 41.4 Å². The molecule has 0 radical (unpaired) electrons. The quantitative estimate of drug-likeness (QED) is 0.370. The van der Waals surface area contributed by atoms with Crippen molar-refractivity contribution in [3.05, 3.63) is 35.9 Å². The molecule has 0 heterocycles. The van der Waals surface area contributed by atoms with Crippen LogP contribution in [-0.2, 0) is 14.3 Å². The molecule has 1 amide bonds. The van der Waals surface area contributed by atoms with Crippen molar-refractivity contribution in [2.24, 2.45) is 11.8 Å². The number of carboxylic acid groups (broad SMARTS) is 1. The fourth-order valence-electron chi connectivity index (χ4n) is 2.84. The van der Waals surface area contributed by atoms with Crippen LogP contribution in [0, 0.1) is 11.8 Å². The summed E-state index contributed by atoms with van der Waals surface area (Å²) in [6.45, 7) is 1.86. The first-order valence-corrected chi connectivity index (χ1v) is 8.37. The molecule has 1 aromatic carbocycles. The van der Waals surface area contributed by atoms with E-state index in [1.807, 2.05) is 0 Å². The van der Waals surface area contributed by atoms with Gasteiger partial charge < -0.3 is 24.7 Å². The predicted octanol–water partition coefficient (Wildman–Crippen LogP) is -1.52. The molecule has 1 fully saturated rings. The molecule has 1 aromatic rings. The fourth-order valence-corrected chi connectivity index (χ4v) is 2.84. The zero-order valence-corrected chi connectivity index (χ0v) is 17.1. The van der Waals surface area contributed by atoms with E-state index in [2.05, 4.69) is 5.32 Å². The van der Waals surface area contributed by atoms with Crippen LogP contribution in [0.5, 0.6) is 0 Å². The second-order valence-corrected chi connectivity index (χ2v) is 6.16. The summed E-state index contributed by atoms with van der Waals surface area (Å²) in [6, 6.07) is 8.43. The van der Waals surface area contributed by atoms with Gasteiger partial charge in [0.25, 0.3) is 0 Å². The Morgan fingerprint density at radius 1 is 1.12 bits per heavy atom. The van der Waals surface area contributed by atoms with E-state index >= 15 is 0 Å². The van der Waals surface area contributed by atoms with Crippen molar-refractivity contribution in [1.82, 2.24) is 5.32 Å². The smallest absolute Gasteiger partial charge is 0.550 e. The van der Waals surface area contributed by atoms with Crippen molar-refractivity contribution < 1.29 is 58.5 Å². The fraction of sp³-hybridized carbons (Fsp3) is 0.500. The number of esters is 1. The summed E-state index contributed by atoms with van der Waals surface area (Å²) in [5, 5.41) is 13.4. The van der Waals surface area contributed by atoms with Crippen LogP contribution in [-0.4, -0.2) is 30.9 Å². The Morgan fingerprint density at radius 3 is 2.31 bits per heavy atom. The maximum atomic E-state index is 11.8. The van der Waals surface area contributed by atoms with Gasteiger partial charge in [0.15, 0.2) is 0 Å². The number of benzene rings is 1. The van der Waals surface area contributed by atoms with Crippen molar-refractivity contribution in [3.8, 4) is 0 Å². The van der Waals surface area contributed by atoms with E-state index in [1.54, 1.807) is 30.3 Å². The summed E-state index contributed by atoms with van der Waals surface area (Å²) < 4.78 is 10.0. The molecule has 0 bridgehead atoms. The minimum absolute atomic E-state index is 0. The first kappa shape index (κ1) is 22.5. The standard InChI is InChI=1S/C18H23NO6.Na/c1-12(24-17(22)15-5-3-2-4-6-15)25-18(23)19-11-13-7-9-14(10-8-13)16(20)21;/h2-6,12-14H,7-11H2,1H3,(H,19,23)(H,20,21);/q;+1/p-1. The molecule has 0 saturated heterocycles. The molecular weight excluding hydrogens is 349 g/mol. The largest absolute Gasteiger partial charge is 1.00 e. The third-order valence-electron chi connectivity index (χ3n) is 4.27. The second-order valence-electron chi connectivity index (χ2n) is 6.16. The van der Waals surface area contributed by atoms with Gasteiger partial charge >= 0.3 is 41.6 Å². The van der Waals surface area contributed by atoms with Crippen LogP contribution >= 0.6 is 0 Å². The summed E-state index contributed by atoms with van der Waals surface area (Å²) >= 11 is 0. The van der Waals surface area contributed by atoms with Crippen LogP contribution in [0.25, 0.3) is 0 Å². The number of carboxylic acids is 1. The monoisotopic (exact) mass is 371 g/mol. The first-order chi connectivity index (χ1) is 12.0. The second kappa shape index (κ2) is 11.2. The van der Waals surface area contributed by atoms with Crippen molar-refractivity contribution in [2.75, 3.05) is 6.54 Å². The SMILES string of the molecule is CC(OC(=O)NCC1CCC(C(=O)[O-])CC1)OC(=O)c1ccccc1.[Na+]. The third kappa shape index (κ3) is 7.35. The summed E-state index contributed by atoms with van der Waals surface area (Å²) in [5.74, 6) is -1.74. The normalized spacial score (nSPS) is 20.2. The molecule has 1 saturated carbocycles. The number of ether oxygens (including phenoxy) is 2. The Labute approximate surface area is 174 Å². The Kier molecular flexibility index (Phi) is 9.69. The molecule has 8 heteroatoms. The summed E-state index contributed by atoms with van der Waals surface area (Å²) in [4.78, 5) is 34.4. The number of carbonyl (C=O) groups is 3. The van der Waals surface area contributed by atoms with E-state index in [1.165, 1.54) is 6.92 Å². The van der Waals surface area contributed by atoms with Gasteiger partial charge in [-0.15, -0.1) is 0 Å². The molecular formula is C18H22NNaO6. The minimum Gasteiger partial charge on any atom is -0.550 e. The summed E-state index contributed by atoms with van der Waals surface area (Å²) in [7, 11) is 0.